The second-order valence-electron chi connectivity index (χ2n) is 3.36. The molecule has 0 radical (unpaired) electrons. The number of hydrogen-bond acceptors (Lipinski definition) is 2. The van der Waals surface area contributed by atoms with Gasteiger partial charge in [-0.15, -0.1) is 0 Å². The smallest absolute Gasteiger partial charge is 0.320 e. The molecule has 0 saturated carbocycles. The van der Waals surface area contributed by atoms with E-state index in [0.717, 1.165) is 6.42 Å². The molecule has 0 atom stereocenters. The minimum Gasteiger partial charge on any atom is -0.480 e. The molecule has 14 heavy (non-hydrogen) atoms. The summed E-state index contributed by atoms with van der Waals surface area (Å²) in [5, 5.41) is 17.5. The van der Waals surface area contributed by atoms with Crippen LogP contribution in [0.25, 0.3) is 0 Å². The normalized spacial score (nSPS) is 11.9. The Morgan fingerprint density at radius 2 is 1.71 bits per heavy atom. The molecule has 0 saturated heterocycles. The lowest BCUT2D eigenvalue weighted by Gasteiger charge is -2.18. The average Bonchev–Trinajstić information content (AvgIpc) is 2.11. The summed E-state index contributed by atoms with van der Waals surface area (Å²) in [6.07, 6.45) is 5.17. The van der Waals surface area contributed by atoms with Crippen molar-refractivity contribution >= 4 is 11.9 Å². The van der Waals surface area contributed by atoms with Crippen molar-refractivity contribution in [3.63, 3.8) is 0 Å². The molecule has 4 nitrogen and oxygen atoms in total. The molecule has 80 valence electrons. The summed E-state index contributed by atoms with van der Waals surface area (Å²) in [5.41, 5.74) is -1.67. The third-order valence-corrected chi connectivity index (χ3v) is 2.16. The molecule has 0 unspecified atom stereocenters. The molecule has 0 aromatic heterocycles. The van der Waals surface area contributed by atoms with Crippen molar-refractivity contribution in [3.05, 3.63) is 12.2 Å². The summed E-state index contributed by atoms with van der Waals surface area (Å²) in [5.74, 6) is -2.57. The van der Waals surface area contributed by atoms with Gasteiger partial charge in [-0.2, -0.15) is 0 Å². The van der Waals surface area contributed by atoms with Gasteiger partial charge in [0.05, 0.1) is 0 Å². The Hall–Kier alpha value is -1.32. The second kappa shape index (κ2) is 5.42. The fourth-order valence-corrected chi connectivity index (χ4v) is 0.962. The molecule has 0 bridgehead atoms. The average molecular weight is 200 g/mol. The number of carbonyl (C=O) groups is 2. The molecule has 0 aliphatic carbocycles. The van der Waals surface area contributed by atoms with Crippen molar-refractivity contribution in [2.45, 2.75) is 33.1 Å². The number of carboxylic acids is 2. The molecule has 0 aliphatic heterocycles. The Kier molecular flexibility index (Phi) is 4.91. The van der Waals surface area contributed by atoms with Crippen molar-refractivity contribution in [2.75, 3.05) is 0 Å². The van der Waals surface area contributed by atoms with Crippen LogP contribution in [0.2, 0.25) is 0 Å². The fourth-order valence-electron chi connectivity index (χ4n) is 0.962. The molecular weight excluding hydrogens is 184 g/mol. The summed E-state index contributed by atoms with van der Waals surface area (Å²) < 4.78 is 0. The molecule has 4 heteroatoms. The molecule has 0 amide bonds. The van der Waals surface area contributed by atoms with Gasteiger partial charge in [-0.1, -0.05) is 19.1 Å². The minimum atomic E-state index is -1.67. The molecular formula is C10H16O4. The molecule has 0 aromatic rings. The Morgan fingerprint density at radius 3 is 2.07 bits per heavy atom. The number of aliphatic carboxylic acids is 2. The van der Waals surface area contributed by atoms with E-state index < -0.39 is 17.4 Å². The van der Waals surface area contributed by atoms with Gasteiger partial charge < -0.3 is 10.2 Å². The molecule has 0 spiro atoms. The zero-order chi connectivity index (χ0) is 11.2. The van der Waals surface area contributed by atoms with Crippen LogP contribution in [0, 0.1) is 5.41 Å². The van der Waals surface area contributed by atoms with Crippen molar-refractivity contribution in [2.24, 2.45) is 5.41 Å². The fraction of sp³-hybridized carbons (Fsp3) is 0.600. The van der Waals surface area contributed by atoms with E-state index in [4.69, 9.17) is 10.2 Å². The molecule has 0 aromatic carbocycles. The van der Waals surface area contributed by atoms with Gasteiger partial charge in [0.1, 0.15) is 0 Å². The summed E-state index contributed by atoms with van der Waals surface area (Å²) in [7, 11) is 0. The highest BCUT2D eigenvalue weighted by atomic mass is 16.4. The lowest BCUT2D eigenvalue weighted by atomic mass is 9.85. The van der Waals surface area contributed by atoms with E-state index in [0.29, 0.717) is 6.42 Å². The number of hydrogen-bond donors (Lipinski definition) is 2. The van der Waals surface area contributed by atoms with Gasteiger partial charge in [-0.25, -0.2) is 0 Å². The van der Waals surface area contributed by atoms with E-state index in [9.17, 15) is 9.59 Å². The van der Waals surface area contributed by atoms with E-state index in [2.05, 4.69) is 0 Å². The van der Waals surface area contributed by atoms with Crippen LogP contribution in [0.15, 0.2) is 12.2 Å². The SMILES string of the molecule is CCC=CCCC(C)(C(=O)O)C(=O)O. The van der Waals surface area contributed by atoms with Gasteiger partial charge in [0.2, 0.25) is 0 Å². The highest BCUT2D eigenvalue weighted by Crippen LogP contribution is 2.24. The van der Waals surface area contributed by atoms with E-state index >= 15 is 0 Å². The maximum absolute atomic E-state index is 10.7. The highest BCUT2D eigenvalue weighted by Gasteiger charge is 2.40. The maximum Gasteiger partial charge on any atom is 0.320 e. The van der Waals surface area contributed by atoms with Gasteiger partial charge in [0, 0.05) is 0 Å². The lowest BCUT2D eigenvalue weighted by Crippen LogP contribution is -2.36. The predicted molar refractivity (Wildman–Crippen MR) is 52.0 cm³/mol. The first-order chi connectivity index (χ1) is 6.45. The van der Waals surface area contributed by atoms with Crippen molar-refractivity contribution in [1.82, 2.24) is 0 Å². The minimum absolute atomic E-state index is 0.119. The Bertz CT molecular complexity index is 229. The van der Waals surface area contributed by atoms with Crippen LogP contribution in [0.1, 0.15) is 33.1 Å². The van der Waals surface area contributed by atoms with E-state index in [1.54, 1.807) is 0 Å². The van der Waals surface area contributed by atoms with Crippen LogP contribution in [0.3, 0.4) is 0 Å². The van der Waals surface area contributed by atoms with E-state index in [-0.39, 0.29) is 6.42 Å². The Morgan fingerprint density at radius 1 is 1.21 bits per heavy atom. The Balaban J connectivity index is 4.32. The molecule has 2 N–H and O–H groups in total. The Labute approximate surface area is 83.2 Å². The van der Waals surface area contributed by atoms with Crippen LogP contribution < -0.4 is 0 Å². The first-order valence-corrected chi connectivity index (χ1v) is 4.57. The zero-order valence-corrected chi connectivity index (χ0v) is 8.49. The predicted octanol–water partition coefficient (Wildman–Crippen LogP) is 1.91. The zero-order valence-electron chi connectivity index (χ0n) is 8.49. The van der Waals surface area contributed by atoms with Gasteiger partial charge in [0.15, 0.2) is 5.41 Å². The number of carboxylic acid groups (broad SMARTS) is 2. The first kappa shape index (κ1) is 12.7. The van der Waals surface area contributed by atoms with Gasteiger partial charge in [-0.3, -0.25) is 9.59 Å². The molecule has 0 aliphatic rings. The monoisotopic (exact) mass is 200 g/mol. The van der Waals surface area contributed by atoms with Gasteiger partial charge in [-0.05, 0) is 26.2 Å². The second-order valence-corrected chi connectivity index (χ2v) is 3.36. The summed E-state index contributed by atoms with van der Waals surface area (Å²) in [6.45, 7) is 3.20. The van der Waals surface area contributed by atoms with Crippen LogP contribution in [-0.2, 0) is 9.59 Å². The summed E-state index contributed by atoms with van der Waals surface area (Å²) in [6, 6.07) is 0. The van der Waals surface area contributed by atoms with Crippen LogP contribution in [0.5, 0.6) is 0 Å². The maximum atomic E-state index is 10.7. The van der Waals surface area contributed by atoms with Crippen LogP contribution in [0.4, 0.5) is 0 Å². The van der Waals surface area contributed by atoms with Crippen molar-refractivity contribution in [1.29, 1.82) is 0 Å². The first-order valence-electron chi connectivity index (χ1n) is 4.57. The third-order valence-electron chi connectivity index (χ3n) is 2.16. The van der Waals surface area contributed by atoms with Gasteiger partial charge >= 0.3 is 11.9 Å². The number of allylic oxidation sites excluding steroid dienone is 2. The van der Waals surface area contributed by atoms with E-state index in [1.807, 2.05) is 19.1 Å². The lowest BCUT2D eigenvalue weighted by molar-refractivity contribution is -0.163. The highest BCUT2D eigenvalue weighted by molar-refractivity contribution is 5.97. The topological polar surface area (TPSA) is 74.6 Å². The van der Waals surface area contributed by atoms with Crippen LogP contribution in [-0.4, -0.2) is 22.2 Å². The summed E-state index contributed by atoms with van der Waals surface area (Å²) in [4.78, 5) is 21.4. The van der Waals surface area contributed by atoms with Crippen molar-refractivity contribution in [3.8, 4) is 0 Å². The third kappa shape index (κ3) is 3.20. The van der Waals surface area contributed by atoms with E-state index in [1.165, 1.54) is 6.92 Å². The quantitative estimate of drug-likeness (QED) is 0.507. The molecule has 0 rings (SSSR count). The largest absolute Gasteiger partial charge is 0.480 e. The number of rotatable bonds is 6. The molecule has 0 heterocycles. The molecule has 0 fully saturated rings. The standard InChI is InChI=1S/C10H16O4/c1-3-4-5-6-7-10(2,8(11)12)9(13)14/h4-5H,3,6-7H2,1-2H3,(H,11,12)(H,13,14). The van der Waals surface area contributed by atoms with Gasteiger partial charge in [0.25, 0.3) is 0 Å². The van der Waals surface area contributed by atoms with Crippen LogP contribution >= 0.6 is 0 Å². The summed E-state index contributed by atoms with van der Waals surface area (Å²) >= 11 is 0. The van der Waals surface area contributed by atoms with Crippen molar-refractivity contribution < 1.29 is 19.8 Å².